The molecule has 1 aromatic carbocycles. The van der Waals surface area contributed by atoms with Crippen LogP contribution in [0.1, 0.15) is 11.6 Å². The van der Waals surface area contributed by atoms with Crippen LogP contribution in [0.25, 0.3) is 0 Å². The molecule has 2 aromatic rings. The number of halogens is 1. The number of sulfonamides is 1. The zero-order chi connectivity index (χ0) is 19.4. The third-order valence-corrected chi connectivity index (χ3v) is 6.93. The van der Waals surface area contributed by atoms with Gasteiger partial charge < -0.3 is 9.64 Å². The van der Waals surface area contributed by atoms with Crippen LogP contribution in [0.5, 0.6) is 5.75 Å². The van der Waals surface area contributed by atoms with E-state index < -0.39 is 15.8 Å². The summed E-state index contributed by atoms with van der Waals surface area (Å²) >= 11 is 1.59. The smallest absolute Gasteiger partial charge is 0.240 e. The highest BCUT2D eigenvalue weighted by Crippen LogP contribution is 2.25. The van der Waals surface area contributed by atoms with Gasteiger partial charge in [0.15, 0.2) is 11.6 Å². The third kappa shape index (κ3) is 4.85. The lowest BCUT2D eigenvalue weighted by atomic mass is 10.1. The molecule has 27 heavy (non-hydrogen) atoms. The second-order valence-electron chi connectivity index (χ2n) is 6.56. The lowest BCUT2D eigenvalue weighted by Crippen LogP contribution is -2.48. The number of likely N-dealkylation sites (N-methyl/N-ethyl adjacent to an activating group) is 1. The Labute approximate surface area is 163 Å². The van der Waals surface area contributed by atoms with Crippen molar-refractivity contribution < 1.29 is 17.5 Å². The molecule has 0 unspecified atom stereocenters. The second kappa shape index (κ2) is 8.66. The number of thiophene rings is 1. The molecule has 1 aromatic heterocycles. The highest BCUT2D eigenvalue weighted by Gasteiger charge is 2.26. The van der Waals surface area contributed by atoms with E-state index in [0.717, 1.165) is 37.8 Å². The van der Waals surface area contributed by atoms with E-state index in [1.54, 1.807) is 11.3 Å². The molecule has 1 N–H and O–H groups in total. The molecule has 9 heteroatoms. The average molecular weight is 414 g/mol. The first-order valence-electron chi connectivity index (χ1n) is 8.68. The molecule has 6 nitrogen and oxygen atoms in total. The van der Waals surface area contributed by atoms with Crippen molar-refractivity contribution >= 4 is 21.4 Å². The van der Waals surface area contributed by atoms with Crippen molar-refractivity contribution in [1.82, 2.24) is 14.5 Å². The lowest BCUT2D eigenvalue weighted by molar-refractivity contribution is 0.113. The van der Waals surface area contributed by atoms with E-state index in [-0.39, 0.29) is 23.2 Å². The topological polar surface area (TPSA) is 61.9 Å². The fourth-order valence-electron chi connectivity index (χ4n) is 3.14. The van der Waals surface area contributed by atoms with Crippen molar-refractivity contribution in [2.45, 2.75) is 10.9 Å². The standard InChI is InChI=1S/C18H24FN3O3S2/c1-21-6-8-22(9-7-21)17(14-5-10-26-13-14)12-20-27(23,24)15-3-4-18(25-2)16(19)11-15/h3-5,10-11,13,17,20H,6-9,12H2,1-2H3/t17-/m0/s1. The van der Waals surface area contributed by atoms with E-state index in [1.807, 2.05) is 16.8 Å². The van der Waals surface area contributed by atoms with E-state index in [4.69, 9.17) is 4.74 Å². The van der Waals surface area contributed by atoms with Crippen LogP contribution in [0.3, 0.4) is 0 Å². The SMILES string of the molecule is COc1ccc(S(=O)(=O)NC[C@@H](c2ccsc2)N2CCN(C)CC2)cc1F. The molecule has 148 valence electrons. The van der Waals surface area contributed by atoms with Crippen LogP contribution in [0.4, 0.5) is 4.39 Å². The van der Waals surface area contributed by atoms with Crippen molar-refractivity contribution in [2.75, 3.05) is 46.9 Å². The molecule has 1 aliphatic rings. The number of rotatable bonds is 7. The molecule has 2 heterocycles. The summed E-state index contributed by atoms with van der Waals surface area (Å²) in [6, 6.07) is 5.62. The molecule has 1 atom stereocenters. The maximum atomic E-state index is 13.9. The normalized spacial score (nSPS) is 17.7. The van der Waals surface area contributed by atoms with Gasteiger partial charge in [-0.2, -0.15) is 11.3 Å². The quantitative estimate of drug-likeness (QED) is 0.754. The molecule has 1 aliphatic heterocycles. The van der Waals surface area contributed by atoms with Crippen LogP contribution in [0.15, 0.2) is 39.9 Å². The Morgan fingerprint density at radius 2 is 2.00 bits per heavy atom. The van der Waals surface area contributed by atoms with Crippen molar-refractivity contribution in [3.05, 3.63) is 46.4 Å². The summed E-state index contributed by atoms with van der Waals surface area (Å²) in [4.78, 5) is 4.44. The fraction of sp³-hybridized carbons (Fsp3) is 0.444. The van der Waals surface area contributed by atoms with Gasteiger partial charge in [0.25, 0.3) is 0 Å². The third-order valence-electron chi connectivity index (χ3n) is 4.81. The molecule has 0 saturated carbocycles. The minimum Gasteiger partial charge on any atom is -0.494 e. The number of nitrogens with zero attached hydrogens (tertiary/aromatic N) is 2. The van der Waals surface area contributed by atoms with Gasteiger partial charge in [-0.05, 0) is 47.6 Å². The first-order chi connectivity index (χ1) is 12.9. The molecule has 0 spiro atoms. The Balaban J connectivity index is 1.75. The van der Waals surface area contributed by atoms with Gasteiger partial charge in [-0.1, -0.05) is 0 Å². The average Bonchev–Trinajstić information content (AvgIpc) is 3.17. The maximum absolute atomic E-state index is 13.9. The predicted molar refractivity (Wildman–Crippen MR) is 104 cm³/mol. The summed E-state index contributed by atoms with van der Waals surface area (Å²) in [7, 11) is -0.402. The zero-order valence-corrected chi connectivity index (χ0v) is 17.0. The summed E-state index contributed by atoms with van der Waals surface area (Å²) in [6.07, 6.45) is 0. The van der Waals surface area contributed by atoms with Crippen LogP contribution in [0, 0.1) is 5.82 Å². The van der Waals surface area contributed by atoms with E-state index in [0.29, 0.717) is 0 Å². The Kier molecular flexibility index (Phi) is 6.48. The largest absolute Gasteiger partial charge is 0.494 e. The van der Waals surface area contributed by atoms with Crippen molar-refractivity contribution in [2.24, 2.45) is 0 Å². The van der Waals surface area contributed by atoms with Crippen molar-refractivity contribution in [3.8, 4) is 5.75 Å². The highest BCUT2D eigenvalue weighted by molar-refractivity contribution is 7.89. The summed E-state index contributed by atoms with van der Waals surface area (Å²) in [6.45, 7) is 3.86. The highest BCUT2D eigenvalue weighted by atomic mass is 32.2. The number of nitrogens with one attached hydrogen (secondary N) is 1. The molecule has 3 rings (SSSR count). The molecule has 0 radical (unpaired) electrons. The molecule has 0 amide bonds. The van der Waals surface area contributed by atoms with Crippen LogP contribution in [-0.4, -0.2) is 65.1 Å². The zero-order valence-electron chi connectivity index (χ0n) is 15.4. The van der Waals surface area contributed by atoms with E-state index in [2.05, 4.69) is 21.6 Å². The monoisotopic (exact) mass is 413 g/mol. The van der Waals surface area contributed by atoms with Crippen LogP contribution in [-0.2, 0) is 10.0 Å². The van der Waals surface area contributed by atoms with Gasteiger partial charge in [0.1, 0.15) is 0 Å². The second-order valence-corrected chi connectivity index (χ2v) is 9.11. The Morgan fingerprint density at radius 3 is 2.59 bits per heavy atom. The Bertz CT molecular complexity index is 851. The van der Waals surface area contributed by atoms with Crippen molar-refractivity contribution in [3.63, 3.8) is 0 Å². The molecule has 0 bridgehead atoms. The summed E-state index contributed by atoms with van der Waals surface area (Å²) in [5.74, 6) is -0.684. The molecular formula is C18H24FN3O3S2. The first-order valence-corrected chi connectivity index (χ1v) is 11.1. The molecule has 1 saturated heterocycles. The van der Waals surface area contributed by atoms with Crippen LogP contribution in [0.2, 0.25) is 0 Å². The number of piperazine rings is 1. The van der Waals surface area contributed by atoms with E-state index >= 15 is 0 Å². The minimum absolute atomic E-state index is 0.0162. The molecule has 0 aliphatic carbocycles. The fourth-order valence-corrected chi connectivity index (χ4v) is 4.90. The van der Waals surface area contributed by atoms with Crippen LogP contribution >= 0.6 is 11.3 Å². The minimum atomic E-state index is -3.82. The van der Waals surface area contributed by atoms with Gasteiger partial charge in [0, 0.05) is 38.8 Å². The summed E-state index contributed by atoms with van der Waals surface area (Å²) < 4.78 is 46.7. The van der Waals surface area contributed by atoms with Gasteiger partial charge >= 0.3 is 0 Å². The van der Waals surface area contributed by atoms with Gasteiger partial charge in [0.2, 0.25) is 10.0 Å². The predicted octanol–water partition coefficient (Wildman–Crippen LogP) is 2.16. The van der Waals surface area contributed by atoms with Gasteiger partial charge in [-0.3, -0.25) is 4.90 Å². The number of ether oxygens (including phenoxy) is 1. The van der Waals surface area contributed by atoms with Gasteiger partial charge in [-0.25, -0.2) is 17.5 Å². The van der Waals surface area contributed by atoms with Gasteiger partial charge in [0.05, 0.1) is 12.0 Å². The molecular weight excluding hydrogens is 389 g/mol. The van der Waals surface area contributed by atoms with E-state index in [1.165, 1.54) is 19.2 Å². The summed E-state index contributed by atoms with van der Waals surface area (Å²) in [5, 5.41) is 4.04. The number of methoxy groups -OCH3 is 1. The number of hydrogen-bond donors (Lipinski definition) is 1. The Hall–Kier alpha value is -1.52. The van der Waals surface area contributed by atoms with Gasteiger partial charge in [-0.15, -0.1) is 0 Å². The first kappa shape index (κ1) is 20.2. The van der Waals surface area contributed by atoms with E-state index in [9.17, 15) is 12.8 Å². The van der Waals surface area contributed by atoms with Crippen molar-refractivity contribution in [1.29, 1.82) is 0 Å². The summed E-state index contributed by atoms with van der Waals surface area (Å²) in [5.41, 5.74) is 1.09. The lowest BCUT2D eigenvalue weighted by Gasteiger charge is -2.37. The maximum Gasteiger partial charge on any atom is 0.240 e. The number of hydrogen-bond acceptors (Lipinski definition) is 6. The Morgan fingerprint density at radius 1 is 1.26 bits per heavy atom. The van der Waals surface area contributed by atoms with Crippen LogP contribution < -0.4 is 9.46 Å². The number of benzene rings is 1. The molecule has 1 fully saturated rings.